The summed E-state index contributed by atoms with van der Waals surface area (Å²) in [7, 11) is 3.97. The van der Waals surface area contributed by atoms with Crippen molar-refractivity contribution in [3.05, 3.63) is 42.1 Å². The highest BCUT2D eigenvalue weighted by molar-refractivity contribution is 5.34. The highest BCUT2D eigenvalue weighted by Crippen LogP contribution is 2.10. The zero-order chi connectivity index (χ0) is 10.7. The summed E-state index contributed by atoms with van der Waals surface area (Å²) in [6.45, 7) is 0.758. The molecule has 0 spiro atoms. The lowest BCUT2D eigenvalue weighted by Gasteiger charge is -2.13. The molecule has 1 heterocycles. The lowest BCUT2D eigenvalue weighted by molar-refractivity contribution is 0.646. The molecule has 15 heavy (non-hydrogen) atoms. The standard InChI is InChI=1S/C11H14N4/c1-14(2)11-8-12-13-15(11)9-10-6-4-3-5-7-10/h3-8H,9H2,1-2H3. The van der Waals surface area contributed by atoms with Crippen molar-refractivity contribution in [3.8, 4) is 0 Å². The first-order chi connectivity index (χ1) is 7.27. The summed E-state index contributed by atoms with van der Waals surface area (Å²) in [5.41, 5.74) is 1.23. The zero-order valence-electron chi connectivity index (χ0n) is 8.96. The molecule has 0 saturated carbocycles. The van der Waals surface area contributed by atoms with Crippen LogP contribution >= 0.6 is 0 Å². The van der Waals surface area contributed by atoms with E-state index in [9.17, 15) is 0 Å². The van der Waals surface area contributed by atoms with Crippen LogP contribution in [0.3, 0.4) is 0 Å². The van der Waals surface area contributed by atoms with Gasteiger partial charge in [0.1, 0.15) is 5.82 Å². The van der Waals surface area contributed by atoms with Gasteiger partial charge in [0.05, 0.1) is 12.7 Å². The molecule has 4 heteroatoms. The van der Waals surface area contributed by atoms with Crippen LogP contribution < -0.4 is 4.90 Å². The summed E-state index contributed by atoms with van der Waals surface area (Å²) in [6.07, 6.45) is 1.77. The van der Waals surface area contributed by atoms with Gasteiger partial charge in [-0.05, 0) is 5.56 Å². The summed E-state index contributed by atoms with van der Waals surface area (Å²) < 4.78 is 1.88. The van der Waals surface area contributed by atoms with Crippen molar-refractivity contribution in [3.63, 3.8) is 0 Å². The Hall–Kier alpha value is -1.84. The van der Waals surface area contributed by atoms with E-state index >= 15 is 0 Å². The number of aromatic nitrogens is 3. The number of nitrogens with zero attached hydrogens (tertiary/aromatic N) is 4. The topological polar surface area (TPSA) is 34.0 Å². The van der Waals surface area contributed by atoms with Crippen molar-refractivity contribution >= 4 is 5.82 Å². The Morgan fingerprint density at radius 1 is 1.20 bits per heavy atom. The minimum absolute atomic E-state index is 0.758. The first kappa shape index (κ1) is 9.71. The van der Waals surface area contributed by atoms with E-state index in [1.165, 1.54) is 5.56 Å². The minimum atomic E-state index is 0.758. The van der Waals surface area contributed by atoms with Crippen molar-refractivity contribution in [2.75, 3.05) is 19.0 Å². The average Bonchev–Trinajstić information content (AvgIpc) is 2.67. The molecule has 0 aliphatic carbocycles. The van der Waals surface area contributed by atoms with Crippen LogP contribution in [-0.2, 0) is 6.54 Å². The lowest BCUT2D eigenvalue weighted by Crippen LogP contribution is -2.15. The number of benzene rings is 1. The van der Waals surface area contributed by atoms with Gasteiger partial charge in [-0.15, -0.1) is 5.10 Å². The Labute approximate surface area is 89.1 Å². The van der Waals surface area contributed by atoms with Gasteiger partial charge in [-0.1, -0.05) is 35.5 Å². The fourth-order valence-corrected chi connectivity index (χ4v) is 1.47. The van der Waals surface area contributed by atoms with E-state index in [0.29, 0.717) is 0 Å². The lowest BCUT2D eigenvalue weighted by atomic mass is 10.2. The first-order valence-electron chi connectivity index (χ1n) is 4.87. The molecular formula is C11H14N4. The summed E-state index contributed by atoms with van der Waals surface area (Å²) >= 11 is 0. The SMILES string of the molecule is CN(C)c1cnnn1Cc1ccccc1. The maximum Gasteiger partial charge on any atom is 0.147 e. The third-order valence-corrected chi connectivity index (χ3v) is 2.23. The summed E-state index contributed by atoms with van der Waals surface area (Å²) in [6, 6.07) is 10.2. The van der Waals surface area contributed by atoms with Crippen molar-refractivity contribution in [2.24, 2.45) is 0 Å². The Kier molecular flexibility index (Phi) is 2.67. The third-order valence-electron chi connectivity index (χ3n) is 2.23. The van der Waals surface area contributed by atoms with E-state index in [2.05, 4.69) is 22.4 Å². The molecule has 0 saturated heterocycles. The van der Waals surface area contributed by atoms with Crippen molar-refractivity contribution in [1.82, 2.24) is 15.0 Å². The van der Waals surface area contributed by atoms with Crippen LogP contribution in [0.2, 0.25) is 0 Å². The monoisotopic (exact) mass is 202 g/mol. The quantitative estimate of drug-likeness (QED) is 0.754. The van der Waals surface area contributed by atoms with Crippen LogP contribution in [-0.4, -0.2) is 29.1 Å². The maximum absolute atomic E-state index is 4.06. The normalized spacial score (nSPS) is 10.3. The van der Waals surface area contributed by atoms with E-state index in [1.807, 2.05) is 41.9 Å². The fraction of sp³-hybridized carbons (Fsp3) is 0.273. The smallest absolute Gasteiger partial charge is 0.147 e. The Bertz CT molecular complexity index is 419. The van der Waals surface area contributed by atoms with Crippen molar-refractivity contribution in [1.29, 1.82) is 0 Å². The fourth-order valence-electron chi connectivity index (χ4n) is 1.47. The van der Waals surface area contributed by atoms with Crippen LogP contribution in [0.15, 0.2) is 36.5 Å². The first-order valence-corrected chi connectivity index (χ1v) is 4.87. The largest absolute Gasteiger partial charge is 0.362 e. The molecule has 0 aliphatic heterocycles. The molecule has 2 rings (SSSR count). The minimum Gasteiger partial charge on any atom is -0.362 e. The average molecular weight is 202 g/mol. The second kappa shape index (κ2) is 4.13. The highest BCUT2D eigenvalue weighted by Gasteiger charge is 2.05. The molecule has 78 valence electrons. The zero-order valence-corrected chi connectivity index (χ0v) is 8.96. The second-order valence-electron chi connectivity index (χ2n) is 3.63. The highest BCUT2D eigenvalue weighted by atomic mass is 15.5. The van der Waals surface area contributed by atoms with Crippen molar-refractivity contribution in [2.45, 2.75) is 6.54 Å². The Balaban J connectivity index is 2.21. The molecule has 0 N–H and O–H groups in total. The van der Waals surface area contributed by atoms with Gasteiger partial charge < -0.3 is 4.90 Å². The van der Waals surface area contributed by atoms with E-state index in [4.69, 9.17) is 0 Å². The molecule has 1 aromatic carbocycles. The predicted octanol–water partition coefficient (Wildman–Crippen LogP) is 1.39. The van der Waals surface area contributed by atoms with Crippen LogP contribution in [0.5, 0.6) is 0 Å². The number of anilines is 1. The van der Waals surface area contributed by atoms with E-state index in [-0.39, 0.29) is 0 Å². The molecule has 1 aromatic heterocycles. The van der Waals surface area contributed by atoms with Gasteiger partial charge in [0.2, 0.25) is 0 Å². The molecule has 0 atom stereocenters. The van der Waals surface area contributed by atoms with Gasteiger partial charge in [-0.3, -0.25) is 0 Å². The number of hydrogen-bond acceptors (Lipinski definition) is 3. The van der Waals surface area contributed by atoms with Crippen molar-refractivity contribution < 1.29 is 0 Å². The predicted molar refractivity (Wildman–Crippen MR) is 59.9 cm³/mol. The van der Waals surface area contributed by atoms with Gasteiger partial charge in [0.15, 0.2) is 0 Å². The van der Waals surface area contributed by atoms with Crippen LogP contribution in [0.1, 0.15) is 5.56 Å². The summed E-state index contributed by atoms with van der Waals surface area (Å²) in [5.74, 6) is 1.01. The van der Waals surface area contributed by atoms with Crippen LogP contribution in [0, 0.1) is 0 Å². The van der Waals surface area contributed by atoms with Gasteiger partial charge in [0.25, 0.3) is 0 Å². The van der Waals surface area contributed by atoms with Gasteiger partial charge in [-0.2, -0.15) is 0 Å². The Morgan fingerprint density at radius 3 is 2.60 bits per heavy atom. The molecule has 0 radical (unpaired) electrons. The summed E-state index contributed by atoms with van der Waals surface area (Å²) in [4.78, 5) is 2.00. The van der Waals surface area contributed by atoms with Gasteiger partial charge >= 0.3 is 0 Å². The molecular weight excluding hydrogens is 188 g/mol. The third kappa shape index (κ3) is 2.15. The van der Waals surface area contributed by atoms with Gasteiger partial charge in [0, 0.05) is 14.1 Å². The summed E-state index contributed by atoms with van der Waals surface area (Å²) in [5, 5.41) is 7.97. The van der Waals surface area contributed by atoms with E-state index < -0.39 is 0 Å². The molecule has 2 aromatic rings. The maximum atomic E-state index is 4.06. The number of hydrogen-bond donors (Lipinski definition) is 0. The molecule has 0 aliphatic rings. The molecule has 0 amide bonds. The van der Waals surface area contributed by atoms with Gasteiger partial charge in [-0.25, -0.2) is 4.68 Å². The van der Waals surface area contributed by atoms with Crippen LogP contribution in [0.25, 0.3) is 0 Å². The molecule has 0 bridgehead atoms. The molecule has 4 nitrogen and oxygen atoms in total. The molecule has 0 unspecified atom stereocenters. The molecule has 0 fully saturated rings. The Morgan fingerprint density at radius 2 is 1.93 bits per heavy atom. The number of rotatable bonds is 3. The van der Waals surface area contributed by atoms with E-state index in [0.717, 1.165) is 12.4 Å². The second-order valence-corrected chi connectivity index (χ2v) is 3.63. The van der Waals surface area contributed by atoms with E-state index in [1.54, 1.807) is 6.20 Å². The van der Waals surface area contributed by atoms with Crippen LogP contribution in [0.4, 0.5) is 5.82 Å².